The van der Waals surface area contributed by atoms with Crippen molar-refractivity contribution in [1.29, 1.82) is 0 Å². The van der Waals surface area contributed by atoms with Crippen LogP contribution in [-0.2, 0) is 6.61 Å². The first-order valence-electron chi connectivity index (χ1n) is 5.50. The molecule has 0 aliphatic rings. The summed E-state index contributed by atoms with van der Waals surface area (Å²) in [6, 6.07) is 10.2. The molecule has 0 heterocycles. The molecule has 0 bridgehead atoms. The summed E-state index contributed by atoms with van der Waals surface area (Å²) < 4.78 is 19.7. The first kappa shape index (κ1) is 12.9. The molecule has 0 radical (unpaired) electrons. The van der Waals surface area contributed by atoms with Crippen molar-refractivity contribution in [3.63, 3.8) is 0 Å². The summed E-state index contributed by atoms with van der Waals surface area (Å²) in [4.78, 5) is 0. The van der Waals surface area contributed by atoms with Crippen LogP contribution >= 0.6 is 15.9 Å². The molecule has 2 aromatic rings. The van der Waals surface area contributed by atoms with Gasteiger partial charge in [-0.15, -0.1) is 0 Å². The lowest BCUT2D eigenvalue weighted by Gasteiger charge is -2.11. The van der Waals surface area contributed by atoms with Crippen molar-refractivity contribution in [2.24, 2.45) is 0 Å². The fourth-order valence-corrected chi connectivity index (χ4v) is 1.94. The minimum absolute atomic E-state index is 0.228. The van der Waals surface area contributed by atoms with E-state index in [0.29, 0.717) is 12.3 Å². The van der Waals surface area contributed by atoms with Crippen LogP contribution in [0.2, 0.25) is 0 Å². The van der Waals surface area contributed by atoms with Crippen molar-refractivity contribution < 1.29 is 9.13 Å². The van der Waals surface area contributed by atoms with Crippen LogP contribution in [0.1, 0.15) is 11.1 Å². The second kappa shape index (κ2) is 5.40. The molecule has 2 N–H and O–H groups in total. The van der Waals surface area contributed by atoms with Gasteiger partial charge in [-0.25, -0.2) is 4.39 Å². The highest BCUT2D eigenvalue weighted by molar-refractivity contribution is 9.10. The average Bonchev–Trinajstić information content (AvgIpc) is 2.35. The summed E-state index contributed by atoms with van der Waals surface area (Å²) >= 11 is 3.28. The van der Waals surface area contributed by atoms with E-state index in [-0.39, 0.29) is 11.6 Å². The van der Waals surface area contributed by atoms with Crippen LogP contribution in [0.25, 0.3) is 0 Å². The van der Waals surface area contributed by atoms with E-state index >= 15 is 0 Å². The van der Waals surface area contributed by atoms with E-state index in [4.69, 9.17) is 10.5 Å². The van der Waals surface area contributed by atoms with Gasteiger partial charge in [-0.05, 0) is 42.3 Å². The monoisotopic (exact) mass is 309 g/mol. The molecule has 0 aromatic heterocycles. The molecule has 0 fully saturated rings. The van der Waals surface area contributed by atoms with Crippen LogP contribution in [0, 0.1) is 12.7 Å². The predicted molar refractivity (Wildman–Crippen MR) is 74.0 cm³/mol. The van der Waals surface area contributed by atoms with Gasteiger partial charge in [-0.3, -0.25) is 0 Å². The van der Waals surface area contributed by atoms with Gasteiger partial charge in [-0.2, -0.15) is 0 Å². The van der Waals surface area contributed by atoms with Crippen LogP contribution in [-0.4, -0.2) is 0 Å². The van der Waals surface area contributed by atoms with Crippen molar-refractivity contribution in [1.82, 2.24) is 0 Å². The standard InChI is InChI=1S/C14H13BrFNO/c1-9-10(3-2-4-13(9)17)8-18-14-7-11(15)5-6-12(14)16/h2-7H,8,17H2,1H3. The average molecular weight is 310 g/mol. The maximum absolute atomic E-state index is 13.5. The van der Waals surface area contributed by atoms with Crippen LogP contribution in [0.15, 0.2) is 40.9 Å². The second-order valence-corrected chi connectivity index (χ2v) is 4.91. The second-order valence-electron chi connectivity index (χ2n) is 3.99. The van der Waals surface area contributed by atoms with E-state index in [1.165, 1.54) is 6.07 Å². The van der Waals surface area contributed by atoms with Crippen LogP contribution in [0.3, 0.4) is 0 Å². The molecule has 18 heavy (non-hydrogen) atoms. The SMILES string of the molecule is Cc1c(N)cccc1COc1cc(Br)ccc1F. The molecule has 0 saturated heterocycles. The third-order valence-corrected chi connectivity index (χ3v) is 3.26. The summed E-state index contributed by atoms with van der Waals surface area (Å²) in [6.45, 7) is 2.22. The zero-order valence-electron chi connectivity index (χ0n) is 9.91. The van der Waals surface area contributed by atoms with E-state index in [9.17, 15) is 4.39 Å². The minimum Gasteiger partial charge on any atom is -0.486 e. The lowest BCUT2D eigenvalue weighted by Crippen LogP contribution is -2.01. The Labute approximate surface area is 114 Å². The Bertz CT molecular complexity index is 570. The lowest BCUT2D eigenvalue weighted by molar-refractivity contribution is 0.289. The van der Waals surface area contributed by atoms with Gasteiger partial charge in [0.1, 0.15) is 6.61 Å². The molecule has 0 spiro atoms. The largest absolute Gasteiger partial charge is 0.486 e. The molecule has 2 aromatic carbocycles. The Morgan fingerprint density at radius 2 is 2.06 bits per heavy atom. The number of hydrogen-bond donors (Lipinski definition) is 1. The van der Waals surface area contributed by atoms with Crippen molar-refractivity contribution in [3.8, 4) is 5.75 Å². The molecular weight excluding hydrogens is 297 g/mol. The van der Waals surface area contributed by atoms with Crippen molar-refractivity contribution in [3.05, 3.63) is 57.8 Å². The number of nitrogens with two attached hydrogens (primary N) is 1. The van der Waals surface area contributed by atoms with Crippen molar-refractivity contribution in [2.45, 2.75) is 13.5 Å². The number of hydrogen-bond acceptors (Lipinski definition) is 2. The van der Waals surface area contributed by atoms with E-state index in [1.54, 1.807) is 12.1 Å². The predicted octanol–water partition coefficient (Wildman–Crippen LogP) is 4.06. The lowest BCUT2D eigenvalue weighted by atomic mass is 10.1. The summed E-state index contributed by atoms with van der Waals surface area (Å²) in [5.74, 6) is -0.147. The molecule has 0 atom stereocenters. The molecule has 0 unspecified atom stereocenters. The molecule has 0 aliphatic carbocycles. The Kier molecular flexibility index (Phi) is 3.87. The minimum atomic E-state index is -0.375. The fraction of sp³-hybridized carbons (Fsp3) is 0.143. The fourth-order valence-electron chi connectivity index (χ4n) is 1.60. The maximum Gasteiger partial charge on any atom is 0.165 e. The summed E-state index contributed by atoms with van der Waals surface area (Å²) in [5.41, 5.74) is 8.44. The Morgan fingerprint density at radius 1 is 1.28 bits per heavy atom. The number of nitrogen functional groups attached to an aromatic ring is 1. The highest BCUT2D eigenvalue weighted by Crippen LogP contribution is 2.24. The van der Waals surface area contributed by atoms with Gasteiger partial charge in [0, 0.05) is 10.2 Å². The third kappa shape index (κ3) is 2.82. The topological polar surface area (TPSA) is 35.2 Å². The Morgan fingerprint density at radius 3 is 2.83 bits per heavy atom. The molecule has 2 rings (SSSR count). The van der Waals surface area contributed by atoms with Crippen molar-refractivity contribution >= 4 is 21.6 Å². The van der Waals surface area contributed by atoms with Gasteiger partial charge < -0.3 is 10.5 Å². The quantitative estimate of drug-likeness (QED) is 0.868. The van der Waals surface area contributed by atoms with Gasteiger partial charge in [0.2, 0.25) is 0 Å². The van der Waals surface area contributed by atoms with Crippen molar-refractivity contribution in [2.75, 3.05) is 5.73 Å². The molecule has 0 aliphatic heterocycles. The molecular formula is C14H13BrFNO. The van der Waals surface area contributed by atoms with Crippen LogP contribution in [0.4, 0.5) is 10.1 Å². The molecule has 0 amide bonds. The van der Waals surface area contributed by atoms with Gasteiger partial charge >= 0.3 is 0 Å². The maximum atomic E-state index is 13.5. The number of benzene rings is 2. The molecule has 0 saturated carbocycles. The highest BCUT2D eigenvalue weighted by atomic mass is 79.9. The number of halogens is 2. The van der Waals surface area contributed by atoms with Gasteiger partial charge in [-0.1, -0.05) is 28.1 Å². The van der Waals surface area contributed by atoms with Gasteiger partial charge in [0.05, 0.1) is 0 Å². The number of ether oxygens (including phenoxy) is 1. The normalized spacial score (nSPS) is 10.4. The van der Waals surface area contributed by atoms with E-state index in [2.05, 4.69) is 15.9 Å². The highest BCUT2D eigenvalue weighted by Gasteiger charge is 2.06. The summed E-state index contributed by atoms with van der Waals surface area (Å²) in [6.07, 6.45) is 0. The first-order chi connectivity index (χ1) is 8.58. The van der Waals surface area contributed by atoms with Gasteiger partial charge in [0.15, 0.2) is 11.6 Å². The smallest absolute Gasteiger partial charge is 0.165 e. The summed E-state index contributed by atoms with van der Waals surface area (Å²) in [5, 5.41) is 0. The van der Waals surface area contributed by atoms with E-state index in [0.717, 1.165) is 15.6 Å². The molecule has 2 nitrogen and oxygen atoms in total. The molecule has 4 heteroatoms. The number of anilines is 1. The zero-order valence-corrected chi connectivity index (χ0v) is 11.5. The summed E-state index contributed by atoms with van der Waals surface area (Å²) in [7, 11) is 0. The molecule has 94 valence electrons. The Hall–Kier alpha value is -1.55. The third-order valence-electron chi connectivity index (χ3n) is 2.76. The van der Waals surface area contributed by atoms with E-state index < -0.39 is 0 Å². The number of rotatable bonds is 3. The zero-order chi connectivity index (χ0) is 13.1. The van der Waals surface area contributed by atoms with Crippen LogP contribution in [0.5, 0.6) is 5.75 Å². The first-order valence-corrected chi connectivity index (χ1v) is 6.29. The van der Waals surface area contributed by atoms with Crippen LogP contribution < -0.4 is 10.5 Å². The Balaban J connectivity index is 2.16. The van der Waals surface area contributed by atoms with Gasteiger partial charge in [0.25, 0.3) is 0 Å². The van der Waals surface area contributed by atoms with E-state index in [1.807, 2.05) is 25.1 Å².